The Morgan fingerprint density at radius 2 is 1.84 bits per heavy atom. The van der Waals surface area contributed by atoms with Crippen LogP contribution in [0.2, 0.25) is 0 Å². The van der Waals surface area contributed by atoms with Crippen molar-refractivity contribution in [1.82, 2.24) is 10.6 Å². The first kappa shape index (κ1) is 21.2. The van der Waals surface area contributed by atoms with Crippen molar-refractivity contribution in [2.75, 3.05) is 32.1 Å². The van der Waals surface area contributed by atoms with Crippen molar-refractivity contribution in [1.29, 1.82) is 0 Å². The molecule has 10 heteroatoms. The number of methoxy groups -OCH3 is 1. The van der Waals surface area contributed by atoms with E-state index >= 15 is 0 Å². The Morgan fingerprint density at radius 1 is 1.20 bits per heavy atom. The molecule has 0 unspecified atom stereocenters. The monoisotopic (exact) mass is 381 g/mol. The van der Waals surface area contributed by atoms with Gasteiger partial charge in [-0.3, -0.25) is 9.59 Å². The SMILES string of the molecule is COC1(C(=O)NCC(=O)Nc2ccc(F)c(F)c2F)CCNCC1.Cl. The van der Waals surface area contributed by atoms with Gasteiger partial charge in [0, 0.05) is 7.11 Å². The summed E-state index contributed by atoms with van der Waals surface area (Å²) >= 11 is 0. The average molecular weight is 382 g/mol. The van der Waals surface area contributed by atoms with Crippen LogP contribution in [-0.4, -0.2) is 44.2 Å². The topological polar surface area (TPSA) is 79.5 Å². The van der Waals surface area contributed by atoms with Crippen molar-refractivity contribution in [2.24, 2.45) is 0 Å². The maximum absolute atomic E-state index is 13.5. The fraction of sp³-hybridized carbons (Fsp3) is 0.467. The molecule has 1 saturated heterocycles. The number of nitrogens with one attached hydrogen (secondary N) is 3. The van der Waals surface area contributed by atoms with E-state index in [1.807, 2.05) is 0 Å². The lowest BCUT2D eigenvalue weighted by molar-refractivity contribution is -0.147. The number of hydrogen-bond acceptors (Lipinski definition) is 4. The lowest BCUT2D eigenvalue weighted by Gasteiger charge is -2.34. The summed E-state index contributed by atoms with van der Waals surface area (Å²) in [7, 11) is 1.42. The molecular weight excluding hydrogens is 363 g/mol. The van der Waals surface area contributed by atoms with Gasteiger partial charge in [0.2, 0.25) is 5.91 Å². The minimum absolute atomic E-state index is 0. The van der Waals surface area contributed by atoms with E-state index in [-0.39, 0.29) is 12.4 Å². The van der Waals surface area contributed by atoms with Gasteiger partial charge in [-0.25, -0.2) is 13.2 Å². The van der Waals surface area contributed by atoms with E-state index in [0.29, 0.717) is 32.0 Å². The number of benzene rings is 1. The quantitative estimate of drug-likeness (QED) is 0.673. The van der Waals surface area contributed by atoms with Crippen LogP contribution in [0.25, 0.3) is 0 Å². The molecule has 0 spiro atoms. The fourth-order valence-corrected chi connectivity index (χ4v) is 2.49. The number of ether oxygens (including phenoxy) is 1. The number of carbonyl (C=O) groups excluding carboxylic acids is 2. The Morgan fingerprint density at radius 3 is 2.44 bits per heavy atom. The summed E-state index contributed by atoms with van der Waals surface area (Å²) in [5.74, 6) is -5.75. The minimum atomic E-state index is -1.68. The van der Waals surface area contributed by atoms with Gasteiger partial charge in [0.05, 0.1) is 12.2 Å². The van der Waals surface area contributed by atoms with Gasteiger partial charge in [-0.15, -0.1) is 12.4 Å². The normalized spacial score (nSPS) is 15.8. The zero-order valence-corrected chi connectivity index (χ0v) is 14.3. The van der Waals surface area contributed by atoms with Gasteiger partial charge in [0.15, 0.2) is 17.5 Å². The summed E-state index contributed by atoms with van der Waals surface area (Å²) in [6, 6.07) is 1.60. The van der Waals surface area contributed by atoms with Gasteiger partial charge in [-0.2, -0.15) is 0 Å². The first-order valence-electron chi connectivity index (χ1n) is 7.37. The van der Waals surface area contributed by atoms with Crippen LogP contribution in [0.4, 0.5) is 18.9 Å². The Kier molecular flexibility index (Phi) is 7.65. The van der Waals surface area contributed by atoms with Crippen molar-refractivity contribution in [3.63, 3.8) is 0 Å². The summed E-state index contributed by atoms with van der Waals surface area (Å²) in [6.45, 7) is 0.761. The van der Waals surface area contributed by atoms with Gasteiger partial charge in [-0.05, 0) is 38.1 Å². The highest BCUT2D eigenvalue weighted by Gasteiger charge is 2.39. The fourth-order valence-electron chi connectivity index (χ4n) is 2.49. The van der Waals surface area contributed by atoms with Crippen LogP contribution >= 0.6 is 12.4 Å². The second kappa shape index (κ2) is 9.02. The zero-order valence-electron chi connectivity index (χ0n) is 13.5. The molecule has 2 amide bonds. The van der Waals surface area contributed by atoms with E-state index in [1.54, 1.807) is 0 Å². The number of piperidine rings is 1. The van der Waals surface area contributed by atoms with Crippen LogP contribution in [0, 0.1) is 17.5 Å². The smallest absolute Gasteiger partial charge is 0.252 e. The van der Waals surface area contributed by atoms with E-state index in [0.717, 1.165) is 6.07 Å². The van der Waals surface area contributed by atoms with Gasteiger partial charge < -0.3 is 20.7 Å². The van der Waals surface area contributed by atoms with Crippen LogP contribution in [-0.2, 0) is 14.3 Å². The number of halogens is 4. The molecule has 2 rings (SSSR count). The molecule has 1 aliphatic heterocycles. The molecule has 140 valence electrons. The molecule has 1 fully saturated rings. The van der Waals surface area contributed by atoms with E-state index < -0.39 is 47.1 Å². The number of anilines is 1. The van der Waals surface area contributed by atoms with Gasteiger partial charge in [0.25, 0.3) is 5.91 Å². The second-order valence-corrected chi connectivity index (χ2v) is 5.40. The van der Waals surface area contributed by atoms with Crippen molar-refractivity contribution in [3.05, 3.63) is 29.6 Å². The molecule has 0 radical (unpaired) electrons. The third-order valence-corrected chi connectivity index (χ3v) is 3.93. The first-order chi connectivity index (χ1) is 11.4. The Labute approximate surface area is 148 Å². The molecular formula is C15H19ClF3N3O3. The van der Waals surface area contributed by atoms with Crippen molar-refractivity contribution in [3.8, 4) is 0 Å². The van der Waals surface area contributed by atoms with E-state index in [4.69, 9.17) is 4.74 Å². The minimum Gasteiger partial charge on any atom is -0.368 e. The number of carbonyl (C=O) groups is 2. The molecule has 1 aromatic carbocycles. The van der Waals surface area contributed by atoms with E-state index in [1.165, 1.54) is 7.11 Å². The molecule has 0 aliphatic carbocycles. The number of hydrogen-bond donors (Lipinski definition) is 3. The summed E-state index contributed by atoms with van der Waals surface area (Å²) in [5, 5.41) is 7.59. The molecule has 6 nitrogen and oxygen atoms in total. The van der Waals surface area contributed by atoms with Gasteiger partial charge >= 0.3 is 0 Å². The van der Waals surface area contributed by atoms with Crippen LogP contribution in [0.3, 0.4) is 0 Å². The standard InChI is InChI=1S/C15H18F3N3O3.ClH/c1-24-15(4-6-19-7-5-15)14(23)20-8-11(22)21-10-3-2-9(16)12(17)13(10)18;/h2-3,19H,4-8H2,1H3,(H,20,23)(H,21,22);1H. The predicted octanol–water partition coefficient (Wildman–Crippen LogP) is 1.35. The summed E-state index contributed by atoms with van der Waals surface area (Å²) < 4.78 is 44.7. The molecule has 1 heterocycles. The van der Waals surface area contributed by atoms with Crippen molar-refractivity contribution >= 4 is 29.9 Å². The highest BCUT2D eigenvalue weighted by atomic mass is 35.5. The molecule has 0 aromatic heterocycles. The molecule has 25 heavy (non-hydrogen) atoms. The second-order valence-electron chi connectivity index (χ2n) is 5.40. The first-order valence-corrected chi connectivity index (χ1v) is 7.37. The lowest BCUT2D eigenvalue weighted by Crippen LogP contribution is -2.55. The maximum atomic E-state index is 13.5. The Hall–Kier alpha value is -1.84. The third-order valence-electron chi connectivity index (χ3n) is 3.93. The van der Waals surface area contributed by atoms with Crippen molar-refractivity contribution in [2.45, 2.75) is 18.4 Å². The number of amides is 2. The molecule has 0 bridgehead atoms. The summed E-state index contributed by atoms with van der Waals surface area (Å²) in [4.78, 5) is 24.0. The highest BCUT2D eigenvalue weighted by Crippen LogP contribution is 2.22. The summed E-state index contributed by atoms with van der Waals surface area (Å²) in [5.41, 5.74) is -1.52. The van der Waals surface area contributed by atoms with E-state index in [2.05, 4.69) is 16.0 Å². The lowest BCUT2D eigenvalue weighted by atomic mass is 9.91. The van der Waals surface area contributed by atoms with Crippen LogP contribution in [0.1, 0.15) is 12.8 Å². The predicted molar refractivity (Wildman–Crippen MR) is 87.0 cm³/mol. The molecule has 1 aliphatic rings. The Balaban J connectivity index is 0.00000312. The highest BCUT2D eigenvalue weighted by molar-refractivity contribution is 5.96. The Bertz CT molecular complexity index is 640. The largest absolute Gasteiger partial charge is 0.368 e. The third kappa shape index (κ3) is 4.83. The number of rotatable bonds is 5. The maximum Gasteiger partial charge on any atom is 0.252 e. The summed E-state index contributed by atoms with van der Waals surface area (Å²) in [6.07, 6.45) is 0.906. The van der Waals surface area contributed by atoms with Crippen LogP contribution < -0.4 is 16.0 Å². The molecule has 3 N–H and O–H groups in total. The van der Waals surface area contributed by atoms with Crippen LogP contribution in [0.15, 0.2) is 12.1 Å². The van der Waals surface area contributed by atoms with Gasteiger partial charge in [-0.1, -0.05) is 0 Å². The molecule has 0 saturated carbocycles. The van der Waals surface area contributed by atoms with E-state index in [9.17, 15) is 22.8 Å². The van der Waals surface area contributed by atoms with Gasteiger partial charge in [0.1, 0.15) is 5.60 Å². The zero-order chi connectivity index (χ0) is 17.7. The molecule has 1 aromatic rings. The van der Waals surface area contributed by atoms with Crippen molar-refractivity contribution < 1.29 is 27.5 Å². The average Bonchev–Trinajstić information content (AvgIpc) is 2.60. The molecule has 0 atom stereocenters. The van der Waals surface area contributed by atoms with Crippen LogP contribution in [0.5, 0.6) is 0 Å².